The maximum absolute atomic E-state index is 13.8. The summed E-state index contributed by atoms with van der Waals surface area (Å²) in [4.78, 5) is 10.7. The fraction of sp³-hybridized carbons (Fsp3) is 0.133. The van der Waals surface area contributed by atoms with Crippen molar-refractivity contribution in [3.8, 4) is 11.5 Å². The van der Waals surface area contributed by atoms with Gasteiger partial charge in [0.2, 0.25) is 0 Å². The van der Waals surface area contributed by atoms with Gasteiger partial charge in [0, 0.05) is 6.07 Å². The highest BCUT2D eigenvalue weighted by Gasteiger charge is 2.19. The number of hydrogen-bond donors (Lipinski definition) is 2. The molecule has 0 aliphatic rings. The van der Waals surface area contributed by atoms with E-state index in [4.69, 9.17) is 14.6 Å². The van der Waals surface area contributed by atoms with Crippen LogP contribution in [-0.2, 0) is 10.0 Å². The number of halogens is 1. The number of carboxylic acid groups (broad SMARTS) is 1. The van der Waals surface area contributed by atoms with Crippen LogP contribution in [-0.4, -0.2) is 33.7 Å². The number of rotatable bonds is 6. The highest BCUT2D eigenvalue weighted by atomic mass is 32.2. The Balaban J connectivity index is 2.42. The van der Waals surface area contributed by atoms with Crippen LogP contribution in [0.1, 0.15) is 10.4 Å². The van der Waals surface area contributed by atoms with Crippen LogP contribution in [0.25, 0.3) is 0 Å². The molecule has 9 heteroatoms. The standard InChI is InChI=1S/C15H14FNO6S/c1-22-13-6-4-10(8-14(13)23-2)24(20,21)17-12-7-9(15(18)19)3-5-11(12)16/h3-8,17H,1-2H3,(H,18,19). The largest absolute Gasteiger partial charge is 0.493 e. The van der Waals surface area contributed by atoms with E-state index >= 15 is 0 Å². The number of aromatic carboxylic acids is 1. The van der Waals surface area contributed by atoms with Crippen molar-refractivity contribution in [2.24, 2.45) is 0 Å². The van der Waals surface area contributed by atoms with Crippen LogP contribution < -0.4 is 14.2 Å². The third kappa shape index (κ3) is 3.57. The number of methoxy groups -OCH3 is 2. The Labute approximate surface area is 137 Å². The second-order valence-corrected chi connectivity index (χ2v) is 6.30. The predicted octanol–water partition coefficient (Wildman–Crippen LogP) is 2.34. The van der Waals surface area contributed by atoms with E-state index in [-0.39, 0.29) is 16.2 Å². The molecule has 0 unspecified atom stereocenters. The fourth-order valence-electron chi connectivity index (χ4n) is 1.92. The Morgan fingerprint density at radius 2 is 1.75 bits per heavy atom. The van der Waals surface area contributed by atoms with Crippen LogP contribution in [0.3, 0.4) is 0 Å². The molecule has 0 saturated carbocycles. The molecule has 0 aliphatic heterocycles. The minimum Gasteiger partial charge on any atom is -0.493 e. The Morgan fingerprint density at radius 1 is 1.08 bits per heavy atom. The monoisotopic (exact) mass is 355 g/mol. The van der Waals surface area contributed by atoms with Gasteiger partial charge < -0.3 is 14.6 Å². The van der Waals surface area contributed by atoms with E-state index in [0.717, 1.165) is 18.2 Å². The number of carbonyl (C=O) groups is 1. The molecule has 0 saturated heterocycles. The lowest BCUT2D eigenvalue weighted by Crippen LogP contribution is -2.15. The van der Waals surface area contributed by atoms with Crippen molar-refractivity contribution in [2.75, 3.05) is 18.9 Å². The first-order valence-electron chi connectivity index (χ1n) is 6.56. The first-order valence-corrected chi connectivity index (χ1v) is 8.04. The average Bonchev–Trinajstić information content (AvgIpc) is 2.55. The molecular weight excluding hydrogens is 341 g/mol. The van der Waals surface area contributed by atoms with Crippen LogP contribution in [0.5, 0.6) is 11.5 Å². The van der Waals surface area contributed by atoms with Gasteiger partial charge in [0.05, 0.1) is 30.4 Å². The Kier molecular flexibility index (Phi) is 4.93. The second-order valence-electron chi connectivity index (χ2n) is 4.62. The van der Waals surface area contributed by atoms with Crippen molar-refractivity contribution in [3.05, 3.63) is 47.8 Å². The molecule has 2 rings (SSSR count). The molecule has 0 amide bonds. The van der Waals surface area contributed by atoms with Gasteiger partial charge >= 0.3 is 5.97 Å². The van der Waals surface area contributed by atoms with Crippen molar-refractivity contribution < 1.29 is 32.2 Å². The lowest BCUT2D eigenvalue weighted by atomic mass is 10.2. The Bertz CT molecular complexity index is 882. The van der Waals surface area contributed by atoms with Crippen molar-refractivity contribution in [1.82, 2.24) is 0 Å². The number of sulfonamides is 1. The van der Waals surface area contributed by atoms with Gasteiger partial charge in [-0.3, -0.25) is 4.72 Å². The molecule has 2 N–H and O–H groups in total. The third-order valence-corrected chi connectivity index (χ3v) is 4.49. The van der Waals surface area contributed by atoms with Gasteiger partial charge in [0.15, 0.2) is 11.5 Å². The normalized spacial score (nSPS) is 11.0. The lowest BCUT2D eigenvalue weighted by molar-refractivity contribution is 0.0697. The van der Waals surface area contributed by atoms with Crippen molar-refractivity contribution in [3.63, 3.8) is 0 Å². The molecular formula is C15H14FNO6S. The van der Waals surface area contributed by atoms with E-state index in [2.05, 4.69) is 0 Å². The fourth-order valence-corrected chi connectivity index (χ4v) is 3.00. The molecule has 0 aromatic heterocycles. The molecule has 0 atom stereocenters. The second kappa shape index (κ2) is 6.75. The number of nitrogens with one attached hydrogen (secondary N) is 1. The van der Waals surface area contributed by atoms with Crippen molar-refractivity contribution in [1.29, 1.82) is 0 Å². The van der Waals surface area contributed by atoms with Gasteiger partial charge in [-0.1, -0.05) is 0 Å². The van der Waals surface area contributed by atoms with E-state index in [9.17, 15) is 17.6 Å². The molecule has 0 heterocycles. The number of hydrogen-bond acceptors (Lipinski definition) is 5. The molecule has 0 bridgehead atoms. The number of benzene rings is 2. The molecule has 0 radical (unpaired) electrons. The van der Waals surface area contributed by atoms with Crippen LogP contribution >= 0.6 is 0 Å². The highest BCUT2D eigenvalue weighted by molar-refractivity contribution is 7.92. The summed E-state index contributed by atoms with van der Waals surface area (Å²) in [6.45, 7) is 0. The summed E-state index contributed by atoms with van der Waals surface area (Å²) < 4.78 is 50.6. The number of carboxylic acids is 1. The van der Waals surface area contributed by atoms with E-state index in [1.165, 1.54) is 32.4 Å². The lowest BCUT2D eigenvalue weighted by Gasteiger charge is -2.12. The smallest absolute Gasteiger partial charge is 0.335 e. The van der Waals surface area contributed by atoms with E-state index in [1.807, 2.05) is 4.72 Å². The van der Waals surface area contributed by atoms with Gasteiger partial charge in [0.25, 0.3) is 10.0 Å². The Hall–Kier alpha value is -2.81. The topological polar surface area (TPSA) is 102 Å². The van der Waals surface area contributed by atoms with Crippen molar-refractivity contribution in [2.45, 2.75) is 4.90 Å². The highest BCUT2D eigenvalue weighted by Crippen LogP contribution is 2.30. The van der Waals surface area contributed by atoms with Gasteiger partial charge in [-0.15, -0.1) is 0 Å². The summed E-state index contributed by atoms with van der Waals surface area (Å²) in [6, 6.07) is 6.65. The van der Waals surface area contributed by atoms with Crippen LogP contribution in [0.4, 0.5) is 10.1 Å². The molecule has 7 nitrogen and oxygen atoms in total. The maximum Gasteiger partial charge on any atom is 0.335 e. The number of ether oxygens (including phenoxy) is 2. The van der Waals surface area contributed by atoms with Crippen LogP contribution in [0.2, 0.25) is 0 Å². The minimum atomic E-state index is -4.15. The van der Waals surface area contributed by atoms with E-state index in [0.29, 0.717) is 5.75 Å². The average molecular weight is 355 g/mol. The van der Waals surface area contributed by atoms with Gasteiger partial charge in [-0.25, -0.2) is 17.6 Å². The molecule has 0 aliphatic carbocycles. The first-order chi connectivity index (χ1) is 11.3. The minimum absolute atomic E-state index is 0.181. The predicted molar refractivity (Wildman–Crippen MR) is 83.7 cm³/mol. The molecule has 24 heavy (non-hydrogen) atoms. The summed E-state index contributed by atoms with van der Waals surface area (Å²) >= 11 is 0. The zero-order valence-electron chi connectivity index (χ0n) is 12.7. The third-order valence-electron chi connectivity index (χ3n) is 3.12. The van der Waals surface area contributed by atoms with Gasteiger partial charge in [-0.05, 0) is 30.3 Å². The zero-order chi connectivity index (χ0) is 17.9. The number of anilines is 1. The van der Waals surface area contributed by atoms with Crippen LogP contribution in [0, 0.1) is 5.82 Å². The van der Waals surface area contributed by atoms with E-state index < -0.39 is 27.5 Å². The molecule has 2 aromatic rings. The SMILES string of the molecule is COc1ccc(S(=O)(=O)Nc2cc(C(=O)O)ccc2F)cc1OC. The van der Waals surface area contributed by atoms with E-state index in [1.54, 1.807) is 0 Å². The summed E-state index contributed by atoms with van der Waals surface area (Å²) in [5, 5.41) is 8.91. The maximum atomic E-state index is 13.8. The Morgan fingerprint density at radius 3 is 2.33 bits per heavy atom. The quantitative estimate of drug-likeness (QED) is 0.825. The molecule has 0 fully saturated rings. The van der Waals surface area contributed by atoms with Crippen molar-refractivity contribution >= 4 is 21.7 Å². The summed E-state index contributed by atoms with van der Waals surface area (Å²) in [6.07, 6.45) is 0. The zero-order valence-corrected chi connectivity index (χ0v) is 13.6. The summed E-state index contributed by atoms with van der Waals surface area (Å²) in [5.74, 6) is -1.69. The van der Waals surface area contributed by atoms with Gasteiger partial charge in [-0.2, -0.15) is 0 Å². The molecule has 0 spiro atoms. The van der Waals surface area contributed by atoms with Crippen LogP contribution in [0.15, 0.2) is 41.3 Å². The molecule has 2 aromatic carbocycles. The van der Waals surface area contributed by atoms with Gasteiger partial charge in [0.1, 0.15) is 5.82 Å². The summed E-state index contributed by atoms with van der Waals surface area (Å²) in [5.41, 5.74) is -0.717. The first kappa shape index (κ1) is 17.5. The summed E-state index contributed by atoms with van der Waals surface area (Å²) in [7, 11) is -1.41. The molecule has 128 valence electrons.